The molecule has 2 unspecified atom stereocenters. The SMILES string of the molecule is COC(=O)c1nccc(NCC2(O)CCOC2C)n1. The topological polar surface area (TPSA) is 93.6 Å². The van der Waals surface area contributed by atoms with Crippen molar-refractivity contribution in [1.29, 1.82) is 0 Å². The van der Waals surface area contributed by atoms with Crippen molar-refractivity contribution in [2.45, 2.75) is 25.0 Å². The molecular weight excluding hydrogens is 250 g/mol. The molecule has 0 aromatic carbocycles. The predicted molar refractivity (Wildman–Crippen MR) is 66.8 cm³/mol. The Balaban J connectivity index is 2.02. The fourth-order valence-electron chi connectivity index (χ4n) is 1.89. The number of carbonyl (C=O) groups excluding carboxylic acids is 1. The molecule has 19 heavy (non-hydrogen) atoms. The van der Waals surface area contributed by atoms with Gasteiger partial charge in [0, 0.05) is 25.8 Å². The number of anilines is 1. The molecule has 1 fully saturated rings. The van der Waals surface area contributed by atoms with Crippen LogP contribution in [0.25, 0.3) is 0 Å². The van der Waals surface area contributed by atoms with Crippen LogP contribution in [0.1, 0.15) is 24.0 Å². The van der Waals surface area contributed by atoms with Crippen LogP contribution >= 0.6 is 0 Å². The summed E-state index contributed by atoms with van der Waals surface area (Å²) in [7, 11) is 1.27. The number of ether oxygens (including phenoxy) is 2. The molecule has 2 heterocycles. The van der Waals surface area contributed by atoms with E-state index < -0.39 is 11.6 Å². The highest BCUT2D eigenvalue weighted by molar-refractivity contribution is 5.85. The zero-order valence-corrected chi connectivity index (χ0v) is 10.9. The first-order valence-electron chi connectivity index (χ1n) is 6.04. The lowest BCUT2D eigenvalue weighted by Crippen LogP contribution is -2.43. The summed E-state index contributed by atoms with van der Waals surface area (Å²) >= 11 is 0. The van der Waals surface area contributed by atoms with Crippen LogP contribution in [-0.4, -0.2) is 53.0 Å². The molecule has 0 saturated carbocycles. The molecule has 7 nitrogen and oxygen atoms in total. The molecule has 2 rings (SSSR count). The number of aromatic nitrogens is 2. The smallest absolute Gasteiger partial charge is 0.376 e. The molecule has 104 valence electrons. The van der Waals surface area contributed by atoms with Gasteiger partial charge in [0.15, 0.2) is 0 Å². The number of carbonyl (C=O) groups is 1. The van der Waals surface area contributed by atoms with Gasteiger partial charge in [-0.25, -0.2) is 14.8 Å². The van der Waals surface area contributed by atoms with Crippen molar-refractivity contribution in [2.75, 3.05) is 25.6 Å². The van der Waals surface area contributed by atoms with E-state index in [1.165, 1.54) is 13.3 Å². The van der Waals surface area contributed by atoms with Crippen LogP contribution in [0, 0.1) is 0 Å². The monoisotopic (exact) mass is 267 g/mol. The van der Waals surface area contributed by atoms with Crippen LogP contribution in [0.5, 0.6) is 0 Å². The Labute approximate surface area is 111 Å². The van der Waals surface area contributed by atoms with E-state index >= 15 is 0 Å². The average Bonchev–Trinajstić information content (AvgIpc) is 2.76. The summed E-state index contributed by atoms with van der Waals surface area (Å²) in [6.07, 6.45) is 1.79. The number of hydrogen-bond donors (Lipinski definition) is 2. The Morgan fingerprint density at radius 3 is 3.16 bits per heavy atom. The van der Waals surface area contributed by atoms with E-state index in [-0.39, 0.29) is 11.9 Å². The van der Waals surface area contributed by atoms with Gasteiger partial charge in [-0.2, -0.15) is 0 Å². The van der Waals surface area contributed by atoms with Crippen LogP contribution in [0.15, 0.2) is 12.3 Å². The normalized spacial score (nSPS) is 26.2. The Kier molecular flexibility index (Phi) is 3.96. The Bertz CT molecular complexity index is 468. The summed E-state index contributed by atoms with van der Waals surface area (Å²) in [5, 5.41) is 13.3. The molecule has 0 spiro atoms. The third-order valence-corrected chi connectivity index (χ3v) is 3.26. The highest BCUT2D eigenvalue weighted by Gasteiger charge is 2.39. The summed E-state index contributed by atoms with van der Waals surface area (Å²) in [4.78, 5) is 19.1. The van der Waals surface area contributed by atoms with Crippen LogP contribution < -0.4 is 5.32 Å². The van der Waals surface area contributed by atoms with Gasteiger partial charge in [-0.1, -0.05) is 0 Å². The molecule has 0 bridgehead atoms. The standard InChI is InChI=1S/C12H17N3O4/c1-8-12(17,4-6-19-8)7-14-9-3-5-13-10(15-9)11(16)18-2/h3,5,8,17H,4,6-7H2,1-2H3,(H,13,14,15). The van der Waals surface area contributed by atoms with Gasteiger partial charge in [0.05, 0.1) is 13.2 Å². The van der Waals surface area contributed by atoms with E-state index in [1.54, 1.807) is 6.07 Å². The van der Waals surface area contributed by atoms with Crippen LogP contribution in [0.3, 0.4) is 0 Å². The van der Waals surface area contributed by atoms with Crippen molar-refractivity contribution in [1.82, 2.24) is 9.97 Å². The van der Waals surface area contributed by atoms with Crippen molar-refractivity contribution >= 4 is 11.8 Å². The number of nitrogens with one attached hydrogen (secondary N) is 1. The maximum atomic E-state index is 11.3. The second-order valence-corrected chi connectivity index (χ2v) is 4.48. The van der Waals surface area contributed by atoms with Crippen molar-refractivity contribution in [3.05, 3.63) is 18.1 Å². The average molecular weight is 267 g/mol. The maximum absolute atomic E-state index is 11.3. The summed E-state index contributed by atoms with van der Waals surface area (Å²) in [5.74, 6) is -0.155. The van der Waals surface area contributed by atoms with Gasteiger partial charge in [-0.05, 0) is 13.0 Å². The minimum absolute atomic E-state index is 0.0183. The van der Waals surface area contributed by atoms with E-state index in [9.17, 15) is 9.90 Å². The first-order chi connectivity index (χ1) is 9.05. The third kappa shape index (κ3) is 2.99. The highest BCUT2D eigenvalue weighted by atomic mass is 16.5. The van der Waals surface area contributed by atoms with Gasteiger partial charge >= 0.3 is 5.97 Å². The minimum Gasteiger partial charge on any atom is -0.463 e. The molecular formula is C12H17N3O4. The lowest BCUT2D eigenvalue weighted by molar-refractivity contribution is -0.0176. The van der Waals surface area contributed by atoms with Gasteiger partial charge < -0.3 is 19.9 Å². The number of esters is 1. The fraction of sp³-hybridized carbons (Fsp3) is 0.583. The molecule has 1 aromatic heterocycles. The second-order valence-electron chi connectivity index (χ2n) is 4.48. The number of methoxy groups -OCH3 is 1. The quantitative estimate of drug-likeness (QED) is 0.753. The van der Waals surface area contributed by atoms with Gasteiger partial charge in [-0.3, -0.25) is 0 Å². The van der Waals surface area contributed by atoms with Gasteiger partial charge in [0.25, 0.3) is 0 Å². The van der Waals surface area contributed by atoms with Crippen molar-refractivity contribution in [3.63, 3.8) is 0 Å². The highest BCUT2D eigenvalue weighted by Crippen LogP contribution is 2.25. The van der Waals surface area contributed by atoms with E-state index in [0.717, 1.165) is 0 Å². The molecule has 0 radical (unpaired) electrons. The summed E-state index contributed by atoms with van der Waals surface area (Å²) < 4.78 is 9.88. The van der Waals surface area contributed by atoms with Crippen LogP contribution in [-0.2, 0) is 9.47 Å². The zero-order valence-electron chi connectivity index (χ0n) is 10.9. The van der Waals surface area contributed by atoms with Crippen LogP contribution in [0.2, 0.25) is 0 Å². The van der Waals surface area contributed by atoms with E-state index in [1.807, 2.05) is 6.92 Å². The third-order valence-electron chi connectivity index (χ3n) is 3.26. The summed E-state index contributed by atoms with van der Waals surface area (Å²) in [6, 6.07) is 1.62. The van der Waals surface area contributed by atoms with E-state index in [4.69, 9.17) is 4.74 Å². The number of nitrogens with zero attached hydrogens (tertiary/aromatic N) is 2. The summed E-state index contributed by atoms with van der Waals surface area (Å²) in [6.45, 7) is 2.66. The first kappa shape index (κ1) is 13.7. The Morgan fingerprint density at radius 1 is 1.74 bits per heavy atom. The minimum atomic E-state index is -0.920. The molecule has 1 saturated heterocycles. The summed E-state index contributed by atoms with van der Waals surface area (Å²) in [5.41, 5.74) is -0.920. The molecule has 0 aliphatic carbocycles. The first-order valence-corrected chi connectivity index (χ1v) is 6.04. The molecule has 1 aliphatic heterocycles. The van der Waals surface area contributed by atoms with Crippen molar-refractivity contribution < 1.29 is 19.4 Å². The molecule has 0 amide bonds. The Morgan fingerprint density at radius 2 is 2.53 bits per heavy atom. The number of hydrogen-bond acceptors (Lipinski definition) is 7. The molecule has 7 heteroatoms. The zero-order chi connectivity index (χ0) is 13.9. The van der Waals surface area contributed by atoms with Crippen molar-refractivity contribution in [3.8, 4) is 0 Å². The molecule has 2 atom stereocenters. The molecule has 2 N–H and O–H groups in total. The van der Waals surface area contributed by atoms with Crippen LogP contribution in [0.4, 0.5) is 5.82 Å². The fourth-order valence-corrected chi connectivity index (χ4v) is 1.89. The number of aliphatic hydroxyl groups is 1. The van der Waals surface area contributed by atoms with E-state index in [2.05, 4.69) is 20.0 Å². The largest absolute Gasteiger partial charge is 0.463 e. The second kappa shape index (κ2) is 5.50. The Hall–Kier alpha value is -1.73. The lowest BCUT2D eigenvalue weighted by atomic mass is 9.97. The number of rotatable bonds is 4. The van der Waals surface area contributed by atoms with E-state index in [0.29, 0.717) is 25.4 Å². The van der Waals surface area contributed by atoms with Crippen molar-refractivity contribution in [2.24, 2.45) is 0 Å². The maximum Gasteiger partial charge on any atom is 0.376 e. The van der Waals surface area contributed by atoms with Gasteiger partial charge in [0.2, 0.25) is 5.82 Å². The lowest BCUT2D eigenvalue weighted by Gasteiger charge is -2.26. The van der Waals surface area contributed by atoms with Gasteiger partial charge in [-0.15, -0.1) is 0 Å². The van der Waals surface area contributed by atoms with Gasteiger partial charge in [0.1, 0.15) is 11.4 Å². The molecule has 1 aliphatic rings. The predicted octanol–water partition coefficient (Wildman–Crippen LogP) is 0.215. The molecule has 1 aromatic rings.